The molecule has 2 heteroatoms. The smallest absolute Gasteiger partial charge is 0.145 e. The number of rotatable bonds is 3. The van der Waals surface area contributed by atoms with Gasteiger partial charge in [0.25, 0.3) is 0 Å². The lowest BCUT2D eigenvalue weighted by Crippen LogP contribution is -1.72. The average molecular weight is 124 g/mol. The fraction of sp³-hybridized carbons (Fsp3) is 0.143. The zero-order chi connectivity index (χ0) is 7.11. The summed E-state index contributed by atoms with van der Waals surface area (Å²) in [4.78, 5) is 19.6. The third-order valence-electron chi connectivity index (χ3n) is 0.735. The van der Waals surface area contributed by atoms with Gasteiger partial charge in [0.15, 0.2) is 0 Å². The predicted molar refractivity (Wildman–Crippen MR) is 35.0 cm³/mol. The van der Waals surface area contributed by atoms with E-state index in [9.17, 15) is 9.59 Å². The molecular formula is C7H8O2. The molecule has 48 valence electrons. The highest BCUT2D eigenvalue weighted by molar-refractivity contribution is 5.73. The van der Waals surface area contributed by atoms with Crippen molar-refractivity contribution in [2.75, 3.05) is 0 Å². The van der Waals surface area contributed by atoms with Gasteiger partial charge >= 0.3 is 0 Å². The maximum absolute atomic E-state index is 9.91. The fourth-order valence-corrected chi connectivity index (χ4v) is 0.292. The van der Waals surface area contributed by atoms with Crippen LogP contribution in [0.25, 0.3) is 0 Å². The predicted octanol–water partition coefficient (Wildman–Crippen LogP) is 0.887. The minimum Gasteiger partial charge on any atom is -0.299 e. The van der Waals surface area contributed by atoms with Gasteiger partial charge in [-0.05, 0) is 18.6 Å². The van der Waals surface area contributed by atoms with E-state index < -0.39 is 0 Å². The van der Waals surface area contributed by atoms with Crippen LogP contribution in [-0.2, 0) is 9.59 Å². The zero-order valence-electron chi connectivity index (χ0n) is 5.20. The van der Waals surface area contributed by atoms with Gasteiger partial charge in [0.1, 0.15) is 12.6 Å². The lowest BCUT2D eigenvalue weighted by molar-refractivity contribution is -0.105. The molecule has 0 aromatic carbocycles. The van der Waals surface area contributed by atoms with Crippen LogP contribution in [0, 0.1) is 0 Å². The van der Waals surface area contributed by atoms with E-state index in [1.54, 1.807) is 13.0 Å². The van der Waals surface area contributed by atoms with E-state index in [2.05, 4.69) is 0 Å². The van der Waals surface area contributed by atoms with Gasteiger partial charge in [-0.1, -0.05) is 12.2 Å². The van der Waals surface area contributed by atoms with Gasteiger partial charge in [-0.2, -0.15) is 0 Å². The summed E-state index contributed by atoms with van der Waals surface area (Å²) in [6.07, 6.45) is 5.81. The molecule has 0 unspecified atom stereocenters. The van der Waals surface area contributed by atoms with Crippen molar-refractivity contribution >= 4 is 12.6 Å². The molecule has 0 aromatic rings. The van der Waals surface area contributed by atoms with E-state index in [4.69, 9.17) is 0 Å². The Morgan fingerprint density at radius 2 is 1.89 bits per heavy atom. The second-order valence-electron chi connectivity index (χ2n) is 1.55. The molecule has 0 aliphatic heterocycles. The Bertz CT molecular complexity index is 154. The molecule has 0 saturated heterocycles. The molecule has 0 aliphatic rings. The molecule has 2 nitrogen and oxygen atoms in total. The van der Waals surface area contributed by atoms with Gasteiger partial charge in [-0.15, -0.1) is 0 Å². The van der Waals surface area contributed by atoms with Crippen molar-refractivity contribution in [1.29, 1.82) is 0 Å². The summed E-state index contributed by atoms with van der Waals surface area (Å²) in [5.74, 6) is 0. The van der Waals surface area contributed by atoms with Crippen LogP contribution in [0.3, 0.4) is 0 Å². The second-order valence-corrected chi connectivity index (χ2v) is 1.55. The Morgan fingerprint density at radius 3 is 2.33 bits per heavy atom. The lowest BCUT2D eigenvalue weighted by atomic mass is 10.3. The largest absolute Gasteiger partial charge is 0.299 e. The van der Waals surface area contributed by atoms with Crippen LogP contribution in [0.4, 0.5) is 0 Å². The van der Waals surface area contributed by atoms with Crippen LogP contribution in [0.1, 0.15) is 6.92 Å². The van der Waals surface area contributed by atoms with E-state index in [1.807, 2.05) is 0 Å². The minimum atomic E-state index is 0.605. The van der Waals surface area contributed by atoms with Gasteiger partial charge in [-0.25, -0.2) is 0 Å². The molecule has 0 amide bonds. The molecule has 0 aliphatic carbocycles. The van der Waals surface area contributed by atoms with Crippen LogP contribution in [0.2, 0.25) is 0 Å². The van der Waals surface area contributed by atoms with Crippen molar-refractivity contribution in [2.45, 2.75) is 6.92 Å². The highest BCUT2D eigenvalue weighted by Crippen LogP contribution is 1.85. The van der Waals surface area contributed by atoms with Crippen LogP contribution >= 0.6 is 0 Å². The normalized spacial score (nSPS) is 11.9. The summed E-state index contributed by atoms with van der Waals surface area (Å²) in [6, 6.07) is 0. The van der Waals surface area contributed by atoms with Gasteiger partial charge in [0, 0.05) is 0 Å². The monoisotopic (exact) mass is 124 g/mol. The first-order valence-corrected chi connectivity index (χ1v) is 2.55. The topological polar surface area (TPSA) is 34.1 Å². The molecule has 0 saturated carbocycles. The summed E-state index contributed by atoms with van der Waals surface area (Å²) in [5, 5.41) is 0. The Labute approximate surface area is 53.9 Å². The first kappa shape index (κ1) is 7.82. The van der Waals surface area contributed by atoms with Crippen LogP contribution < -0.4 is 0 Å². The molecular weight excluding hydrogens is 116 g/mol. The van der Waals surface area contributed by atoms with Crippen molar-refractivity contribution in [1.82, 2.24) is 0 Å². The van der Waals surface area contributed by atoms with Gasteiger partial charge in [-0.3, -0.25) is 9.59 Å². The highest BCUT2D eigenvalue weighted by atomic mass is 16.1. The maximum Gasteiger partial charge on any atom is 0.145 e. The number of carbonyl (C=O) groups is 2. The maximum atomic E-state index is 9.91. The number of hydrogen-bond acceptors (Lipinski definition) is 2. The summed E-state index contributed by atoms with van der Waals surface area (Å²) < 4.78 is 0. The molecule has 0 bridgehead atoms. The number of carbonyl (C=O) groups excluding carboxylic acids is 2. The summed E-state index contributed by atoms with van der Waals surface area (Å²) in [7, 11) is 0. The molecule has 0 fully saturated rings. The molecule has 0 radical (unpaired) electrons. The Kier molecular flexibility index (Phi) is 4.32. The van der Waals surface area contributed by atoms with E-state index in [1.165, 1.54) is 12.2 Å². The second kappa shape index (κ2) is 4.97. The van der Waals surface area contributed by atoms with Crippen molar-refractivity contribution < 1.29 is 9.59 Å². The van der Waals surface area contributed by atoms with Crippen molar-refractivity contribution in [3.63, 3.8) is 0 Å². The van der Waals surface area contributed by atoms with E-state index >= 15 is 0 Å². The quantitative estimate of drug-likeness (QED) is 0.318. The van der Waals surface area contributed by atoms with E-state index in [0.717, 1.165) is 6.29 Å². The first-order chi connectivity index (χ1) is 4.31. The van der Waals surface area contributed by atoms with Gasteiger partial charge in [0.2, 0.25) is 0 Å². The SMILES string of the molecule is C/C(C=O)=C\C=C\C=O. The number of hydrogen-bond donors (Lipinski definition) is 0. The molecule has 0 heterocycles. The minimum absolute atomic E-state index is 0.605. The zero-order valence-corrected chi connectivity index (χ0v) is 5.20. The third-order valence-corrected chi connectivity index (χ3v) is 0.735. The lowest BCUT2D eigenvalue weighted by Gasteiger charge is -1.77. The van der Waals surface area contributed by atoms with E-state index in [0.29, 0.717) is 11.9 Å². The number of allylic oxidation sites excluding steroid dienone is 4. The van der Waals surface area contributed by atoms with Crippen LogP contribution in [-0.4, -0.2) is 12.6 Å². The Hall–Kier alpha value is -1.18. The average Bonchev–Trinajstić information content (AvgIpc) is 1.89. The van der Waals surface area contributed by atoms with Crippen molar-refractivity contribution in [3.05, 3.63) is 23.8 Å². The first-order valence-electron chi connectivity index (χ1n) is 2.55. The van der Waals surface area contributed by atoms with Gasteiger partial charge in [0.05, 0.1) is 0 Å². The highest BCUT2D eigenvalue weighted by Gasteiger charge is 1.76. The molecule has 0 N–H and O–H groups in total. The molecule has 0 rings (SSSR count). The van der Waals surface area contributed by atoms with Crippen LogP contribution in [0.15, 0.2) is 23.8 Å². The fourth-order valence-electron chi connectivity index (χ4n) is 0.292. The molecule has 9 heavy (non-hydrogen) atoms. The molecule has 0 atom stereocenters. The van der Waals surface area contributed by atoms with Crippen molar-refractivity contribution in [3.8, 4) is 0 Å². The third kappa shape index (κ3) is 4.68. The standard InChI is InChI=1S/C7H8O2/c1-7(6-9)4-2-3-5-8/h2-6H,1H3/b3-2+,7-4+. The van der Waals surface area contributed by atoms with Gasteiger partial charge < -0.3 is 0 Å². The summed E-state index contributed by atoms with van der Waals surface area (Å²) in [6.45, 7) is 1.67. The van der Waals surface area contributed by atoms with E-state index in [-0.39, 0.29) is 0 Å². The Balaban J connectivity index is 3.81. The summed E-state index contributed by atoms with van der Waals surface area (Å²) in [5.41, 5.74) is 0.605. The number of aldehydes is 2. The summed E-state index contributed by atoms with van der Waals surface area (Å²) >= 11 is 0. The molecule has 0 aromatic heterocycles. The van der Waals surface area contributed by atoms with Crippen molar-refractivity contribution in [2.24, 2.45) is 0 Å². The Morgan fingerprint density at radius 1 is 1.22 bits per heavy atom. The molecule has 0 spiro atoms. The van der Waals surface area contributed by atoms with Crippen LogP contribution in [0.5, 0.6) is 0 Å².